The molecule has 2 heterocycles. The molecular weight excluding hydrogens is 180 g/mol. The monoisotopic (exact) mass is 198 g/mol. The van der Waals surface area contributed by atoms with Crippen LogP contribution in [0.25, 0.3) is 0 Å². The van der Waals surface area contributed by atoms with Crippen LogP contribution in [-0.2, 0) is 4.79 Å². The molecule has 14 heavy (non-hydrogen) atoms. The summed E-state index contributed by atoms with van der Waals surface area (Å²) in [5, 5.41) is 12.6. The van der Waals surface area contributed by atoms with Gasteiger partial charge in [-0.1, -0.05) is 0 Å². The lowest BCUT2D eigenvalue weighted by atomic mass is 9.86. The predicted octanol–water partition coefficient (Wildman–Crippen LogP) is -0.278. The number of hydrogen-bond acceptors (Lipinski definition) is 3. The lowest BCUT2D eigenvalue weighted by Gasteiger charge is -2.39. The summed E-state index contributed by atoms with van der Waals surface area (Å²) in [7, 11) is 1.83. The second-order valence-electron chi connectivity index (χ2n) is 4.34. The van der Waals surface area contributed by atoms with Gasteiger partial charge in [0.25, 0.3) is 0 Å². The zero-order valence-corrected chi connectivity index (χ0v) is 8.62. The molecule has 0 saturated carbocycles. The Balaban J connectivity index is 2.24. The highest BCUT2D eigenvalue weighted by atomic mass is 16.3. The van der Waals surface area contributed by atoms with E-state index in [-0.39, 0.29) is 24.1 Å². The number of nitrogens with zero attached hydrogens (tertiary/aromatic N) is 1. The van der Waals surface area contributed by atoms with Crippen LogP contribution in [0.15, 0.2) is 0 Å². The third-order valence-corrected chi connectivity index (χ3v) is 3.71. The van der Waals surface area contributed by atoms with Crippen molar-refractivity contribution in [1.82, 2.24) is 10.2 Å². The summed E-state index contributed by atoms with van der Waals surface area (Å²) in [6.07, 6.45) is 3.74. The fourth-order valence-corrected chi connectivity index (χ4v) is 2.79. The molecule has 0 aromatic heterocycles. The molecule has 80 valence electrons. The van der Waals surface area contributed by atoms with Gasteiger partial charge in [-0.3, -0.25) is 4.79 Å². The average molecular weight is 198 g/mol. The molecule has 0 aliphatic carbocycles. The molecular formula is C10H18N2O2. The molecule has 2 aliphatic heterocycles. The van der Waals surface area contributed by atoms with Crippen LogP contribution in [0.1, 0.15) is 25.7 Å². The molecule has 1 amide bonds. The highest BCUT2D eigenvalue weighted by Crippen LogP contribution is 2.35. The number of fused-ring (bicyclic) bond motifs is 1. The number of aliphatic hydroxyl groups is 1. The number of carbonyl (C=O) groups excluding carboxylic acids is 1. The fraction of sp³-hybridized carbons (Fsp3) is 0.900. The van der Waals surface area contributed by atoms with Gasteiger partial charge < -0.3 is 15.3 Å². The van der Waals surface area contributed by atoms with Gasteiger partial charge in [0.2, 0.25) is 5.91 Å². The molecule has 0 aromatic rings. The second-order valence-corrected chi connectivity index (χ2v) is 4.34. The molecule has 0 radical (unpaired) electrons. The molecule has 2 aliphatic rings. The Morgan fingerprint density at radius 1 is 1.64 bits per heavy atom. The molecule has 2 saturated heterocycles. The topological polar surface area (TPSA) is 52.6 Å². The van der Waals surface area contributed by atoms with E-state index in [0.29, 0.717) is 6.42 Å². The van der Waals surface area contributed by atoms with E-state index in [0.717, 1.165) is 25.8 Å². The van der Waals surface area contributed by atoms with Crippen LogP contribution in [0.3, 0.4) is 0 Å². The van der Waals surface area contributed by atoms with Gasteiger partial charge in [0.15, 0.2) is 0 Å². The molecule has 2 unspecified atom stereocenters. The van der Waals surface area contributed by atoms with Crippen molar-refractivity contribution in [3.05, 3.63) is 0 Å². The standard InChI is InChI=1S/C10H18N2O2/c1-11-10(7-13)6-9(14)12-5-3-2-4-8(10)12/h8,11,13H,2-7H2,1H3. The zero-order valence-electron chi connectivity index (χ0n) is 8.62. The van der Waals surface area contributed by atoms with Gasteiger partial charge in [0.1, 0.15) is 0 Å². The van der Waals surface area contributed by atoms with Crippen molar-refractivity contribution in [2.45, 2.75) is 37.3 Å². The number of piperidine rings is 1. The number of amides is 1. The van der Waals surface area contributed by atoms with E-state index in [2.05, 4.69) is 5.32 Å². The summed E-state index contributed by atoms with van der Waals surface area (Å²) in [4.78, 5) is 13.7. The normalized spacial score (nSPS) is 37.4. The van der Waals surface area contributed by atoms with Gasteiger partial charge in [-0.25, -0.2) is 0 Å². The first kappa shape index (κ1) is 9.93. The maximum Gasteiger partial charge on any atom is 0.224 e. The summed E-state index contributed by atoms with van der Waals surface area (Å²) < 4.78 is 0. The minimum absolute atomic E-state index is 0.0520. The van der Waals surface area contributed by atoms with Gasteiger partial charge >= 0.3 is 0 Å². The second kappa shape index (κ2) is 3.51. The van der Waals surface area contributed by atoms with E-state index >= 15 is 0 Å². The van der Waals surface area contributed by atoms with Gasteiger partial charge in [-0.05, 0) is 26.3 Å². The van der Waals surface area contributed by atoms with Crippen molar-refractivity contribution in [3.8, 4) is 0 Å². The van der Waals surface area contributed by atoms with E-state index < -0.39 is 0 Å². The SMILES string of the molecule is CNC1(CO)CC(=O)N2CCCCC21. The van der Waals surface area contributed by atoms with Crippen molar-refractivity contribution < 1.29 is 9.90 Å². The molecule has 2 fully saturated rings. The van der Waals surface area contributed by atoms with Crippen LogP contribution < -0.4 is 5.32 Å². The number of rotatable bonds is 2. The van der Waals surface area contributed by atoms with Crippen LogP contribution >= 0.6 is 0 Å². The quantitative estimate of drug-likeness (QED) is 0.642. The molecule has 4 heteroatoms. The smallest absolute Gasteiger partial charge is 0.224 e. The average Bonchev–Trinajstić information content (AvgIpc) is 2.53. The Hall–Kier alpha value is -0.610. The lowest BCUT2D eigenvalue weighted by Crippen LogP contribution is -2.57. The largest absolute Gasteiger partial charge is 0.394 e. The van der Waals surface area contributed by atoms with Gasteiger partial charge in [-0.15, -0.1) is 0 Å². The van der Waals surface area contributed by atoms with E-state index in [9.17, 15) is 9.90 Å². The van der Waals surface area contributed by atoms with Crippen molar-refractivity contribution in [1.29, 1.82) is 0 Å². The summed E-state index contributed by atoms with van der Waals surface area (Å²) in [6.45, 7) is 0.920. The van der Waals surface area contributed by atoms with Crippen LogP contribution in [0.2, 0.25) is 0 Å². The van der Waals surface area contributed by atoms with E-state index in [1.807, 2.05) is 11.9 Å². The number of hydrogen-bond donors (Lipinski definition) is 2. The minimum Gasteiger partial charge on any atom is -0.394 e. The van der Waals surface area contributed by atoms with Crippen molar-refractivity contribution >= 4 is 5.91 Å². The van der Waals surface area contributed by atoms with Gasteiger partial charge in [-0.2, -0.15) is 0 Å². The maximum atomic E-state index is 11.7. The Kier molecular flexibility index (Phi) is 2.49. The first-order chi connectivity index (χ1) is 6.73. The van der Waals surface area contributed by atoms with Crippen molar-refractivity contribution in [3.63, 3.8) is 0 Å². The third kappa shape index (κ3) is 1.25. The Labute approximate surface area is 84.3 Å². The Morgan fingerprint density at radius 2 is 2.43 bits per heavy atom. The number of aliphatic hydroxyl groups excluding tert-OH is 1. The first-order valence-corrected chi connectivity index (χ1v) is 5.33. The van der Waals surface area contributed by atoms with Crippen molar-refractivity contribution in [2.24, 2.45) is 0 Å². The van der Waals surface area contributed by atoms with Crippen LogP contribution in [0, 0.1) is 0 Å². The van der Waals surface area contributed by atoms with Crippen LogP contribution in [0.4, 0.5) is 0 Å². The Bertz CT molecular complexity index is 238. The van der Waals surface area contributed by atoms with Crippen LogP contribution in [0.5, 0.6) is 0 Å². The third-order valence-electron chi connectivity index (χ3n) is 3.71. The molecule has 0 bridgehead atoms. The van der Waals surface area contributed by atoms with E-state index in [4.69, 9.17) is 0 Å². The number of nitrogens with one attached hydrogen (secondary N) is 1. The minimum atomic E-state index is -0.377. The predicted molar refractivity (Wildman–Crippen MR) is 52.8 cm³/mol. The highest BCUT2D eigenvalue weighted by Gasteiger charge is 2.50. The molecule has 0 aromatic carbocycles. The molecule has 2 atom stereocenters. The summed E-state index contributed by atoms with van der Waals surface area (Å²) in [5.41, 5.74) is -0.377. The van der Waals surface area contributed by atoms with Gasteiger partial charge in [0.05, 0.1) is 18.2 Å². The summed E-state index contributed by atoms with van der Waals surface area (Å²) in [6, 6.07) is 0.207. The zero-order chi connectivity index (χ0) is 10.2. The molecule has 4 nitrogen and oxygen atoms in total. The highest BCUT2D eigenvalue weighted by molar-refractivity contribution is 5.81. The summed E-state index contributed by atoms with van der Waals surface area (Å²) in [5.74, 6) is 0.193. The van der Waals surface area contributed by atoms with E-state index in [1.165, 1.54) is 0 Å². The van der Waals surface area contributed by atoms with Crippen molar-refractivity contribution in [2.75, 3.05) is 20.2 Å². The van der Waals surface area contributed by atoms with E-state index in [1.54, 1.807) is 0 Å². The lowest BCUT2D eigenvalue weighted by molar-refractivity contribution is -0.129. The van der Waals surface area contributed by atoms with Crippen LogP contribution in [-0.4, -0.2) is 47.7 Å². The fourth-order valence-electron chi connectivity index (χ4n) is 2.79. The Morgan fingerprint density at radius 3 is 3.07 bits per heavy atom. The number of likely N-dealkylation sites (N-methyl/N-ethyl adjacent to an activating group) is 1. The molecule has 2 rings (SSSR count). The number of carbonyl (C=O) groups is 1. The maximum absolute atomic E-state index is 11.7. The summed E-state index contributed by atoms with van der Waals surface area (Å²) >= 11 is 0. The molecule has 2 N–H and O–H groups in total. The molecule has 0 spiro atoms. The van der Waals surface area contributed by atoms with Gasteiger partial charge in [0, 0.05) is 13.0 Å². The first-order valence-electron chi connectivity index (χ1n) is 5.33.